The molecule has 0 saturated carbocycles. The first kappa shape index (κ1) is 10.8. The SMILES string of the molecule is C=Cc1ccc(C)c(C(C)C)c1C=C. The van der Waals surface area contributed by atoms with Crippen LogP contribution in [0.3, 0.4) is 0 Å². The van der Waals surface area contributed by atoms with Crippen LogP contribution in [0.5, 0.6) is 0 Å². The highest BCUT2D eigenvalue weighted by Crippen LogP contribution is 2.27. The fourth-order valence-electron chi connectivity index (χ4n) is 1.93. The van der Waals surface area contributed by atoms with Gasteiger partial charge in [0.1, 0.15) is 0 Å². The van der Waals surface area contributed by atoms with E-state index in [2.05, 4.69) is 46.1 Å². The van der Waals surface area contributed by atoms with Gasteiger partial charge in [0, 0.05) is 0 Å². The second kappa shape index (κ2) is 4.28. The van der Waals surface area contributed by atoms with Gasteiger partial charge in [-0.3, -0.25) is 0 Å². The Bertz CT molecular complexity index is 357. The van der Waals surface area contributed by atoms with Gasteiger partial charge in [-0.25, -0.2) is 0 Å². The Morgan fingerprint density at radius 3 is 2.21 bits per heavy atom. The van der Waals surface area contributed by atoms with E-state index in [4.69, 9.17) is 0 Å². The third-order valence-electron chi connectivity index (χ3n) is 2.54. The summed E-state index contributed by atoms with van der Waals surface area (Å²) in [4.78, 5) is 0. The molecule has 0 radical (unpaired) electrons. The molecule has 1 aromatic carbocycles. The molecule has 0 aliphatic heterocycles. The molecule has 1 rings (SSSR count). The van der Waals surface area contributed by atoms with Crippen molar-refractivity contribution in [1.82, 2.24) is 0 Å². The molecule has 0 aromatic heterocycles. The van der Waals surface area contributed by atoms with Gasteiger partial charge in [0.2, 0.25) is 0 Å². The third kappa shape index (κ3) is 1.79. The molecule has 0 saturated heterocycles. The van der Waals surface area contributed by atoms with E-state index in [1.54, 1.807) is 0 Å². The molecule has 0 heterocycles. The fourth-order valence-corrected chi connectivity index (χ4v) is 1.93. The average Bonchev–Trinajstić information content (AvgIpc) is 2.16. The third-order valence-corrected chi connectivity index (χ3v) is 2.54. The van der Waals surface area contributed by atoms with E-state index in [0.717, 1.165) is 0 Å². The summed E-state index contributed by atoms with van der Waals surface area (Å²) in [6.07, 6.45) is 3.82. The van der Waals surface area contributed by atoms with Crippen LogP contribution in [-0.2, 0) is 0 Å². The number of hydrogen-bond donors (Lipinski definition) is 0. The molecule has 14 heavy (non-hydrogen) atoms. The molecular weight excluding hydrogens is 168 g/mol. The lowest BCUT2D eigenvalue weighted by Gasteiger charge is -2.15. The Morgan fingerprint density at radius 2 is 1.79 bits per heavy atom. The molecule has 0 heteroatoms. The van der Waals surface area contributed by atoms with Gasteiger partial charge in [-0.2, -0.15) is 0 Å². The first-order chi connectivity index (χ1) is 6.61. The zero-order valence-corrected chi connectivity index (χ0v) is 9.30. The molecule has 74 valence electrons. The van der Waals surface area contributed by atoms with Crippen molar-refractivity contribution in [3.05, 3.63) is 47.5 Å². The van der Waals surface area contributed by atoms with Crippen LogP contribution in [0.4, 0.5) is 0 Å². The second-order valence-electron chi connectivity index (χ2n) is 3.86. The van der Waals surface area contributed by atoms with Gasteiger partial charge < -0.3 is 0 Å². The zero-order valence-electron chi connectivity index (χ0n) is 9.30. The van der Waals surface area contributed by atoms with Gasteiger partial charge in [0.05, 0.1) is 0 Å². The highest BCUT2D eigenvalue weighted by molar-refractivity contribution is 5.68. The lowest BCUT2D eigenvalue weighted by atomic mass is 9.89. The van der Waals surface area contributed by atoms with Crippen molar-refractivity contribution in [2.75, 3.05) is 0 Å². The van der Waals surface area contributed by atoms with Crippen LogP contribution >= 0.6 is 0 Å². The first-order valence-corrected chi connectivity index (χ1v) is 5.00. The van der Waals surface area contributed by atoms with Gasteiger partial charge in [0.15, 0.2) is 0 Å². The lowest BCUT2D eigenvalue weighted by molar-refractivity contribution is 0.853. The van der Waals surface area contributed by atoms with Crippen molar-refractivity contribution in [3.63, 3.8) is 0 Å². The first-order valence-electron chi connectivity index (χ1n) is 5.00. The van der Waals surface area contributed by atoms with E-state index in [0.29, 0.717) is 5.92 Å². The van der Waals surface area contributed by atoms with E-state index in [1.165, 1.54) is 22.3 Å². The highest BCUT2D eigenvalue weighted by Gasteiger charge is 2.09. The van der Waals surface area contributed by atoms with Crippen LogP contribution in [0.15, 0.2) is 25.3 Å². The maximum atomic E-state index is 3.88. The summed E-state index contributed by atoms with van der Waals surface area (Å²) in [6, 6.07) is 4.25. The van der Waals surface area contributed by atoms with Crippen LogP contribution in [-0.4, -0.2) is 0 Å². The van der Waals surface area contributed by atoms with Crippen LogP contribution in [0.1, 0.15) is 42.0 Å². The van der Waals surface area contributed by atoms with Gasteiger partial charge in [-0.05, 0) is 35.1 Å². The Labute approximate surface area is 87.0 Å². The maximum absolute atomic E-state index is 3.88. The molecule has 0 amide bonds. The minimum atomic E-state index is 0.530. The fraction of sp³-hybridized carbons (Fsp3) is 0.286. The Balaban J connectivity index is 3.50. The summed E-state index contributed by atoms with van der Waals surface area (Å²) in [7, 11) is 0. The monoisotopic (exact) mass is 186 g/mol. The van der Waals surface area contributed by atoms with Gasteiger partial charge >= 0.3 is 0 Å². The second-order valence-corrected chi connectivity index (χ2v) is 3.86. The molecule has 0 aliphatic carbocycles. The number of aryl methyl sites for hydroxylation is 1. The van der Waals surface area contributed by atoms with Crippen LogP contribution in [0, 0.1) is 6.92 Å². The quantitative estimate of drug-likeness (QED) is 0.656. The molecule has 0 aliphatic rings. The Hall–Kier alpha value is -1.30. The van der Waals surface area contributed by atoms with E-state index in [9.17, 15) is 0 Å². The summed E-state index contributed by atoms with van der Waals surface area (Å²) in [5.41, 5.74) is 5.13. The van der Waals surface area contributed by atoms with Gasteiger partial charge in [-0.1, -0.05) is 51.3 Å². The molecule has 0 N–H and O–H groups in total. The van der Waals surface area contributed by atoms with E-state index < -0.39 is 0 Å². The van der Waals surface area contributed by atoms with Crippen LogP contribution < -0.4 is 0 Å². The van der Waals surface area contributed by atoms with Crippen molar-refractivity contribution in [3.8, 4) is 0 Å². The van der Waals surface area contributed by atoms with E-state index >= 15 is 0 Å². The summed E-state index contributed by atoms with van der Waals surface area (Å²) >= 11 is 0. The Morgan fingerprint density at radius 1 is 1.14 bits per heavy atom. The van der Waals surface area contributed by atoms with E-state index in [1.807, 2.05) is 12.2 Å². The molecule has 0 unspecified atom stereocenters. The summed E-state index contributed by atoms with van der Waals surface area (Å²) < 4.78 is 0. The lowest BCUT2D eigenvalue weighted by Crippen LogP contribution is -1.98. The van der Waals surface area contributed by atoms with Crippen molar-refractivity contribution >= 4 is 12.2 Å². The van der Waals surface area contributed by atoms with Crippen LogP contribution in [0.2, 0.25) is 0 Å². The smallest absolute Gasteiger partial charge is 0.0153 e. The van der Waals surface area contributed by atoms with E-state index in [-0.39, 0.29) is 0 Å². The minimum Gasteiger partial charge on any atom is -0.0984 e. The summed E-state index contributed by atoms with van der Waals surface area (Å²) in [5, 5.41) is 0. The number of hydrogen-bond acceptors (Lipinski definition) is 0. The normalized spacial score (nSPS) is 10.3. The Kier molecular flexibility index (Phi) is 3.29. The zero-order chi connectivity index (χ0) is 10.7. The molecule has 0 bridgehead atoms. The summed E-state index contributed by atoms with van der Waals surface area (Å²) in [6.45, 7) is 14.3. The predicted molar refractivity (Wildman–Crippen MR) is 65.5 cm³/mol. The van der Waals surface area contributed by atoms with Crippen molar-refractivity contribution in [2.45, 2.75) is 26.7 Å². The van der Waals surface area contributed by atoms with Crippen LogP contribution in [0.25, 0.3) is 12.2 Å². The molecule has 0 fully saturated rings. The number of benzene rings is 1. The van der Waals surface area contributed by atoms with Gasteiger partial charge in [0.25, 0.3) is 0 Å². The maximum Gasteiger partial charge on any atom is -0.0153 e. The topological polar surface area (TPSA) is 0 Å². The highest BCUT2D eigenvalue weighted by atomic mass is 14.1. The van der Waals surface area contributed by atoms with Crippen molar-refractivity contribution < 1.29 is 0 Å². The van der Waals surface area contributed by atoms with Gasteiger partial charge in [-0.15, -0.1) is 0 Å². The van der Waals surface area contributed by atoms with Crippen molar-refractivity contribution in [2.24, 2.45) is 0 Å². The average molecular weight is 186 g/mol. The number of rotatable bonds is 3. The molecule has 1 aromatic rings. The molecular formula is C14H18. The molecule has 0 spiro atoms. The standard InChI is InChI=1S/C14H18/c1-6-12-9-8-11(5)14(10(3)4)13(12)7-2/h6-10H,1-2H2,3-5H3. The molecule has 0 nitrogen and oxygen atoms in total. The molecule has 0 atom stereocenters. The summed E-state index contributed by atoms with van der Waals surface area (Å²) in [5.74, 6) is 0.530. The van der Waals surface area contributed by atoms with Crippen molar-refractivity contribution in [1.29, 1.82) is 0 Å². The largest absolute Gasteiger partial charge is 0.0984 e. The predicted octanol–water partition coefficient (Wildman–Crippen LogP) is 4.40. The minimum absolute atomic E-state index is 0.530.